The third kappa shape index (κ3) is 3.60. The zero-order valence-corrected chi connectivity index (χ0v) is 14.8. The zero-order valence-electron chi connectivity index (χ0n) is 14.8. The van der Waals surface area contributed by atoms with Crippen LogP contribution in [-0.4, -0.2) is 27.0 Å². The topological polar surface area (TPSA) is 47.2 Å². The van der Waals surface area contributed by atoms with Crippen LogP contribution >= 0.6 is 0 Å². The number of carbonyl (C=O) groups is 1. The molecule has 5 nitrogen and oxygen atoms in total. The van der Waals surface area contributed by atoms with E-state index in [4.69, 9.17) is 0 Å². The number of amides is 1. The maximum absolute atomic E-state index is 13.1. The first-order valence-corrected chi connectivity index (χ1v) is 8.23. The summed E-state index contributed by atoms with van der Waals surface area (Å²) in [6, 6.07) is 12.2. The van der Waals surface area contributed by atoms with Crippen LogP contribution in [-0.2, 0) is 31.1 Å². The normalized spacial score (nSPS) is 11.7. The van der Waals surface area contributed by atoms with E-state index >= 15 is 0 Å². The van der Waals surface area contributed by atoms with Gasteiger partial charge in [-0.25, -0.2) is 4.79 Å². The van der Waals surface area contributed by atoms with Gasteiger partial charge in [-0.2, -0.15) is 13.2 Å². The number of alkyl halides is 3. The van der Waals surface area contributed by atoms with E-state index in [9.17, 15) is 22.8 Å². The monoisotopic (exact) mass is 377 g/mol. The predicted molar refractivity (Wildman–Crippen MR) is 95.1 cm³/mol. The summed E-state index contributed by atoms with van der Waals surface area (Å²) in [5.41, 5.74) is 0.162. The van der Waals surface area contributed by atoms with Crippen molar-refractivity contribution in [3.8, 4) is 0 Å². The lowest BCUT2D eigenvalue weighted by Gasteiger charge is -2.20. The fourth-order valence-corrected chi connectivity index (χ4v) is 3.05. The van der Waals surface area contributed by atoms with Gasteiger partial charge in [-0.15, -0.1) is 0 Å². The molecular formula is C19H18F3N3O2. The average molecular weight is 377 g/mol. The maximum atomic E-state index is 13.1. The summed E-state index contributed by atoms with van der Waals surface area (Å²) in [5.74, 6) is -0.453. The van der Waals surface area contributed by atoms with Crippen LogP contribution in [0.1, 0.15) is 11.1 Å². The molecule has 0 saturated heterocycles. The molecule has 3 rings (SSSR count). The Kier molecular flexibility index (Phi) is 4.82. The Bertz CT molecular complexity index is 1050. The molecule has 1 aromatic heterocycles. The average Bonchev–Trinajstić information content (AvgIpc) is 2.86. The molecule has 27 heavy (non-hydrogen) atoms. The number of fused-ring (bicyclic) bond motifs is 1. The molecule has 1 heterocycles. The largest absolute Gasteiger partial charge is 0.416 e. The van der Waals surface area contributed by atoms with E-state index in [2.05, 4.69) is 0 Å². The lowest BCUT2D eigenvalue weighted by atomic mass is 10.1. The number of carbonyl (C=O) groups excluding carboxylic acids is 1. The van der Waals surface area contributed by atoms with Crippen LogP contribution in [0.25, 0.3) is 11.0 Å². The van der Waals surface area contributed by atoms with Gasteiger partial charge in [0.2, 0.25) is 5.91 Å². The summed E-state index contributed by atoms with van der Waals surface area (Å²) < 4.78 is 42.1. The number of benzene rings is 2. The van der Waals surface area contributed by atoms with E-state index in [1.807, 2.05) is 0 Å². The number of para-hydroxylation sites is 2. The van der Waals surface area contributed by atoms with Crippen molar-refractivity contribution < 1.29 is 18.0 Å². The van der Waals surface area contributed by atoms with E-state index in [0.29, 0.717) is 11.0 Å². The second-order valence-electron chi connectivity index (χ2n) is 6.32. The second kappa shape index (κ2) is 6.94. The molecule has 0 radical (unpaired) electrons. The SMILES string of the molecule is CN(Cc1ccccc1C(F)(F)F)C(=O)Cn1c(=O)n(C)c2ccccc21. The number of rotatable bonds is 4. The van der Waals surface area contributed by atoms with Crippen LogP contribution in [0.5, 0.6) is 0 Å². The molecule has 0 unspecified atom stereocenters. The zero-order chi connectivity index (χ0) is 19.8. The minimum atomic E-state index is -4.49. The number of likely N-dealkylation sites (N-methyl/N-ethyl adjacent to an activating group) is 1. The van der Waals surface area contributed by atoms with E-state index < -0.39 is 17.6 Å². The maximum Gasteiger partial charge on any atom is 0.416 e. The summed E-state index contributed by atoms with van der Waals surface area (Å²) in [6.07, 6.45) is -4.49. The summed E-state index contributed by atoms with van der Waals surface area (Å²) in [6.45, 7) is -0.446. The highest BCUT2D eigenvalue weighted by Gasteiger charge is 2.33. The Morgan fingerprint density at radius 1 is 1.04 bits per heavy atom. The highest BCUT2D eigenvalue weighted by atomic mass is 19.4. The third-order valence-corrected chi connectivity index (χ3v) is 4.50. The smallest absolute Gasteiger partial charge is 0.340 e. The van der Waals surface area contributed by atoms with Gasteiger partial charge in [-0.05, 0) is 23.8 Å². The number of aromatic nitrogens is 2. The fraction of sp³-hybridized carbons (Fsp3) is 0.263. The quantitative estimate of drug-likeness (QED) is 0.702. The molecule has 0 aliphatic heterocycles. The van der Waals surface area contributed by atoms with E-state index in [1.54, 1.807) is 31.3 Å². The molecule has 0 N–H and O–H groups in total. The van der Waals surface area contributed by atoms with E-state index in [1.165, 1.54) is 39.3 Å². The molecule has 142 valence electrons. The predicted octanol–water partition coefficient (Wildman–Crippen LogP) is 3.02. The molecule has 0 atom stereocenters. The molecule has 0 aliphatic rings. The van der Waals surface area contributed by atoms with Crippen molar-refractivity contribution >= 4 is 16.9 Å². The number of hydrogen-bond donors (Lipinski definition) is 0. The minimum absolute atomic E-state index is 0.00566. The molecule has 0 aliphatic carbocycles. The highest BCUT2D eigenvalue weighted by molar-refractivity contribution is 5.80. The van der Waals surface area contributed by atoms with Crippen molar-refractivity contribution in [3.63, 3.8) is 0 Å². The Morgan fingerprint density at radius 3 is 2.30 bits per heavy atom. The van der Waals surface area contributed by atoms with Crippen molar-refractivity contribution in [3.05, 3.63) is 70.1 Å². The van der Waals surface area contributed by atoms with Gasteiger partial charge in [-0.3, -0.25) is 13.9 Å². The van der Waals surface area contributed by atoms with Crippen molar-refractivity contribution in [2.24, 2.45) is 7.05 Å². The highest BCUT2D eigenvalue weighted by Crippen LogP contribution is 2.32. The van der Waals surface area contributed by atoms with Crippen LogP contribution in [0.15, 0.2) is 53.3 Å². The lowest BCUT2D eigenvalue weighted by Crippen LogP contribution is -2.34. The van der Waals surface area contributed by atoms with Crippen molar-refractivity contribution in [1.82, 2.24) is 14.0 Å². The molecule has 3 aromatic rings. The van der Waals surface area contributed by atoms with Crippen LogP contribution in [0.3, 0.4) is 0 Å². The Morgan fingerprint density at radius 2 is 1.63 bits per heavy atom. The molecule has 1 amide bonds. The Balaban J connectivity index is 1.85. The Hall–Kier alpha value is -3.03. The lowest BCUT2D eigenvalue weighted by molar-refractivity contribution is -0.139. The number of halogens is 3. The van der Waals surface area contributed by atoms with Gasteiger partial charge in [0.25, 0.3) is 0 Å². The number of aryl methyl sites for hydroxylation is 1. The molecule has 0 bridgehead atoms. The first-order chi connectivity index (χ1) is 12.7. The van der Waals surface area contributed by atoms with Crippen LogP contribution in [0.2, 0.25) is 0 Å². The van der Waals surface area contributed by atoms with Crippen LogP contribution in [0, 0.1) is 0 Å². The van der Waals surface area contributed by atoms with Gasteiger partial charge >= 0.3 is 11.9 Å². The van der Waals surface area contributed by atoms with Gasteiger partial charge in [0.15, 0.2) is 0 Å². The number of imidazole rings is 1. The molecule has 0 saturated carbocycles. The number of hydrogen-bond acceptors (Lipinski definition) is 2. The first-order valence-electron chi connectivity index (χ1n) is 8.23. The molecule has 0 spiro atoms. The minimum Gasteiger partial charge on any atom is -0.340 e. The molecule has 8 heteroatoms. The first kappa shape index (κ1) is 18.8. The molecular weight excluding hydrogens is 359 g/mol. The second-order valence-corrected chi connectivity index (χ2v) is 6.32. The summed E-state index contributed by atoms with van der Waals surface area (Å²) in [5, 5.41) is 0. The van der Waals surface area contributed by atoms with Crippen molar-refractivity contribution in [2.45, 2.75) is 19.3 Å². The van der Waals surface area contributed by atoms with Gasteiger partial charge < -0.3 is 4.90 Å². The Labute approximate surface area is 153 Å². The molecule has 2 aromatic carbocycles. The van der Waals surface area contributed by atoms with Crippen molar-refractivity contribution in [2.75, 3.05) is 7.05 Å². The summed E-state index contributed by atoms with van der Waals surface area (Å²) >= 11 is 0. The van der Waals surface area contributed by atoms with E-state index in [0.717, 1.165) is 6.07 Å². The van der Waals surface area contributed by atoms with E-state index in [-0.39, 0.29) is 24.3 Å². The summed E-state index contributed by atoms with van der Waals surface area (Å²) in [7, 11) is 3.03. The fourth-order valence-electron chi connectivity index (χ4n) is 3.05. The standard InChI is InChI=1S/C19H18F3N3O2/c1-23(11-13-7-3-4-8-14(13)19(20,21)22)17(26)12-25-16-10-6-5-9-15(16)24(2)18(25)27/h3-10H,11-12H2,1-2H3. The molecule has 0 fully saturated rings. The third-order valence-electron chi connectivity index (χ3n) is 4.50. The summed E-state index contributed by atoms with van der Waals surface area (Å²) in [4.78, 5) is 26.1. The van der Waals surface area contributed by atoms with Gasteiger partial charge in [0.05, 0.1) is 16.6 Å². The number of nitrogens with zero attached hydrogens (tertiary/aromatic N) is 3. The van der Waals surface area contributed by atoms with Gasteiger partial charge in [0.1, 0.15) is 6.54 Å². The van der Waals surface area contributed by atoms with Crippen LogP contribution < -0.4 is 5.69 Å². The van der Waals surface area contributed by atoms with Crippen LogP contribution in [0.4, 0.5) is 13.2 Å². The van der Waals surface area contributed by atoms with Crippen molar-refractivity contribution in [1.29, 1.82) is 0 Å². The van der Waals surface area contributed by atoms with Gasteiger partial charge in [0, 0.05) is 20.6 Å². The van der Waals surface area contributed by atoms with Gasteiger partial charge in [-0.1, -0.05) is 30.3 Å².